The van der Waals surface area contributed by atoms with Crippen LogP contribution >= 0.6 is 0 Å². The largest absolute Gasteiger partial charge is 0.463 e. The van der Waals surface area contributed by atoms with Crippen LogP contribution in [-0.4, -0.2) is 74.7 Å². The molecule has 0 N–H and O–H groups in total. The number of hydrogen-bond donors (Lipinski definition) is 0. The van der Waals surface area contributed by atoms with Crippen LogP contribution in [0, 0.1) is 17.8 Å². The molecule has 3 unspecified atom stereocenters. The molecule has 10 nitrogen and oxygen atoms in total. The fourth-order valence-electron chi connectivity index (χ4n) is 7.12. The summed E-state index contributed by atoms with van der Waals surface area (Å²) < 4.78 is 34.1. The van der Waals surface area contributed by atoms with E-state index in [9.17, 15) is 19.2 Å². The van der Waals surface area contributed by atoms with Gasteiger partial charge < -0.3 is 28.4 Å². The van der Waals surface area contributed by atoms with Crippen LogP contribution < -0.4 is 0 Å². The lowest BCUT2D eigenvalue weighted by Gasteiger charge is -2.36. The summed E-state index contributed by atoms with van der Waals surface area (Å²) in [6.45, 7) is 11.2. The van der Waals surface area contributed by atoms with Crippen molar-refractivity contribution in [3.63, 3.8) is 0 Å². The van der Waals surface area contributed by atoms with Gasteiger partial charge in [-0.1, -0.05) is 32.9 Å². The number of esters is 4. The number of carbonyl (C=O) groups excluding carboxylic acids is 4. The molecule has 3 aliphatic carbocycles. The van der Waals surface area contributed by atoms with Crippen molar-refractivity contribution in [3.05, 3.63) is 25.3 Å². The molecule has 10 heteroatoms. The average molecular weight is 691 g/mol. The Hall–Kier alpha value is -2.72. The number of ether oxygens (including phenoxy) is 6. The zero-order chi connectivity index (χ0) is 35.3. The van der Waals surface area contributed by atoms with Crippen LogP contribution in [0.25, 0.3) is 0 Å². The quantitative estimate of drug-likeness (QED) is 0.0493. The smallest absolute Gasteiger partial charge is 0.330 e. The summed E-state index contributed by atoms with van der Waals surface area (Å²) in [5.74, 6) is -0.910. The second-order valence-electron chi connectivity index (χ2n) is 14.1. The first kappa shape index (κ1) is 40.7. The normalized spacial score (nSPS) is 27.0. The van der Waals surface area contributed by atoms with Crippen molar-refractivity contribution >= 4 is 23.9 Å². The topological polar surface area (TPSA) is 124 Å². The molecule has 3 aliphatic rings. The minimum absolute atomic E-state index is 0.0660. The van der Waals surface area contributed by atoms with Gasteiger partial charge in [0.25, 0.3) is 0 Å². The van der Waals surface area contributed by atoms with Gasteiger partial charge in [0.15, 0.2) is 0 Å². The number of carbonyl (C=O) groups is 4. The van der Waals surface area contributed by atoms with Crippen molar-refractivity contribution in [1.82, 2.24) is 0 Å². The summed E-state index contributed by atoms with van der Waals surface area (Å²) in [6.07, 6.45) is 19.1. The Balaban J connectivity index is 1.19. The molecule has 0 aromatic heterocycles. The SMILES string of the molecule is C=CC(=O)OCCCCCCOC1CCC(C(=O)OC2CCC(OC(=O)C3CCC(OCCCCCCOC(=O)C=C)CC3)C(C)C2)CC1. The van der Waals surface area contributed by atoms with Gasteiger partial charge in [0.1, 0.15) is 12.2 Å². The van der Waals surface area contributed by atoms with E-state index in [2.05, 4.69) is 20.1 Å². The summed E-state index contributed by atoms with van der Waals surface area (Å²) in [4.78, 5) is 48.1. The van der Waals surface area contributed by atoms with Crippen LogP contribution in [0.3, 0.4) is 0 Å². The third-order valence-corrected chi connectivity index (χ3v) is 10.2. The van der Waals surface area contributed by atoms with E-state index in [-0.39, 0.29) is 66.0 Å². The number of rotatable bonds is 22. The van der Waals surface area contributed by atoms with Crippen LogP contribution in [0.5, 0.6) is 0 Å². The molecule has 0 heterocycles. The van der Waals surface area contributed by atoms with E-state index in [0.29, 0.717) is 19.8 Å². The van der Waals surface area contributed by atoms with Gasteiger partial charge in [0.2, 0.25) is 0 Å². The fourth-order valence-corrected chi connectivity index (χ4v) is 7.12. The molecule has 3 rings (SSSR count). The average Bonchev–Trinajstić information content (AvgIpc) is 3.11. The third kappa shape index (κ3) is 16.2. The maximum absolute atomic E-state index is 13.0. The standard InChI is InChI=1S/C39H62O10/c1-4-36(40)46-26-12-8-6-10-24-44-32-18-14-30(15-19-32)38(42)48-34-22-23-35(29(3)28-34)49-39(43)31-16-20-33(21-17-31)45-25-11-7-9-13-27-47-37(41)5-2/h4-5,29-35H,1-2,6-28H2,3H3. The summed E-state index contributed by atoms with van der Waals surface area (Å²) >= 11 is 0. The first-order valence-corrected chi connectivity index (χ1v) is 19.0. The Kier molecular flexibility index (Phi) is 19.6. The van der Waals surface area contributed by atoms with E-state index >= 15 is 0 Å². The van der Waals surface area contributed by atoms with Crippen LogP contribution in [0.15, 0.2) is 25.3 Å². The summed E-state index contributed by atoms with van der Waals surface area (Å²) in [7, 11) is 0. The van der Waals surface area contributed by atoms with E-state index in [1.54, 1.807) is 0 Å². The van der Waals surface area contributed by atoms with E-state index in [1.165, 1.54) is 12.2 Å². The van der Waals surface area contributed by atoms with Crippen molar-refractivity contribution in [2.45, 2.75) is 153 Å². The zero-order valence-electron chi connectivity index (χ0n) is 30.0. The maximum Gasteiger partial charge on any atom is 0.330 e. The van der Waals surface area contributed by atoms with Gasteiger partial charge >= 0.3 is 23.9 Å². The van der Waals surface area contributed by atoms with E-state index in [4.69, 9.17) is 28.4 Å². The first-order valence-electron chi connectivity index (χ1n) is 19.0. The minimum Gasteiger partial charge on any atom is -0.463 e. The lowest BCUT2D eigenvalue weighted by molar-refractivity contribution is -0.169. The third-order valence-electron chi connectivity index (χ3n) is 10.2. The number of unbranched alkanes of at least 4 members (excludes halogenated alkanes) is 6. The van der Waals surface area contributed by atoms with Crippen LogP contribution in [0.1, 0.15) is 129 Å². The van der Waals surface area contributed by atoms with Crippen molar-refractivity contribution in [1.29, 1.82) is 0 Å². The Morgan fingerprint density at radius 3 is 1.37 bits per heavy atom. The summed E-state index contributed by atoms with van der Waals surface area (Å²) in [5, 5.41) is 0. The van der Waals surface area contributed by atoms with Crippen LogP contribution in [-0.2, 0) is 47.6 Å². The van der Waals surface area contributed by atoms with Gasteiger partial charge in [-0.2, -0.15) is 0 Å². The molecule has 0 aliphatic heterocycles. The predicted octanol–water partition coefficient (Wildman–Crippen LogP) is 7.36. The molecule has 3 saturated carbocycles. The molecule has 0 bridgehead atoms. The molecular weight excluding hydrogens is 628 g/mol. The second-order valence-corrected chi connectivity index (χ2v) is 14.1. The molecule has 278 valence electrons. The maximum atomic E-state index is 13.0. The molecular formula is C39H62O10. The summed E-state index contributed by atoms with van der Waals surface area (Å²) in [5.41, 5.74) is 0. The molecule has 0 spiro atoms. The highest BCUT2D eigenvalue weighted by molar-refractivity contribution is 5.81. The summed E-state index contributed by atoms with van der Waals surface area (Å²) in [6, 6.07) is 0. The molecule has 49 heavy (non-hydrogen) atoms. The number of hydrogen-bond acceptors (Lipinski definition) is 10. The van der Waals surface area contributed by atoms with E-state index < -0.39 is 0 Å². The minimum atomic E-state index is -0.372. The molecule has 0 amide bonds. The van der Waals surface area contributed by atoms with Crippen LogP contribution in [0.4, 0.5) is 0 Å². The molecule has 3 fully saturated rings. The van der Waals surface area contributed by atoms with Gasteiger partial charge in [-0.15, -0.1) is 0 Å². The van der Waals surface area contributed by atoms with Crippen LogP contribution in [0.2, 0.25) is 0 Å². The zero-order valence-corrected chi connectivity index (χ0v) is 30.0. The highest BCUT2D eigenvalue weighted by atomic mass is 16.6. The van der Waals surface area contributed by atoms with Gasteiger partial charge in [0, 0.05) is 25.4 Å². The lowest BCUT2D eigenvalue weighted by Crippen LogP contribution is -2.39. The lowest BCUT2D eigenvalue weighted by atomic mass is 9.84. The van der Waals surface area contributed by atoms with E-state index in [0.717, 1.165) is 129 Å². The predicted molar refractivity (Wildman–Crippen MR) is 185 cm³/mol. The van der Waals surface area contributed by atoms with Crippen molar-refractivity contribution in [3.8, 4) is 0 Å². The van der Waals surface area contributed by atoms with Gasteiger partial charge in [-0.3, -0.25) is 9.59 Å². The Bertz CT molecular complexity index is 1010. The van der Waals surface area contributed by atoms with Gasteiger partial charge in [-0.25, -0.2) is 9.59 Å². The Labute approximate surface area is 294 Å². The first-order chi connectivity index (χ1) is 23.8. The van der Waals surface area contributed by atoms with E-state index in [1.807, 2.05) is 0 Å². The second kappa shape index (κ2) is 23.6. The van der Waals surface area contributed by atoms with Crippen molar-refractivity contribution < 1.29 is 47.6 Å². The Morgan fingerprint density at radius 1 is 0.531 bits per heavy atom. The van der Waals surface area contributed by atoms with Crippen molar-refractivity contribution in [2.75, 3.05) is 26.4 Å². The van der Waals surface area contributed by atoms with Gasteiger partial charge in [-0.05, 0) is 115 Å². The molecule has 0 saturated heterocycles. The fraction of sp³-hybridized carbons (Fsp3) is 0.795. The molecule has 0 aromatic rings. The highest BCUT2D eigenvalue weighted by Gasteiger charge is 2.36. The van der Waals surface area contributed by atoms with Gasteiger partial charge in [0.05, 0.1) is 37.3 Å². The van der Waals surface area contributed by atoms with Crippen molar-refractivity contribution in [2.24, 2.45) is 17.8 Å². The molecule has 0 radical (unpaired) electrons. The molecule has 0 aromatic carbocycles. The Morgan fingerprint density at radius 2 is 0.939 bits per heavy atom. The monoisotopic (exact) mass is 690 g/mol. The highest BCUT2D eigenvalue weighted by Crippen LogP contribution is 2.34. The molecule has 3 atom stereocenters.